The highest BCUT2D eigenvalue weighted by atomic mass is 35.5. The minimum Gasteiger partial charge on any atom is -0.485 e. The van der Waals surface area contributed by atoms with Crippen molar-refractivity contribution in [3.8, 4) is 5.75 Å². The zero-order valence-corrected chi connectivity index (χ0v) is 15.0. The Morgan fingerprint density at radius 1 is 1.15 bits per heavy atom. The highest BCUT2D eigenvalue weighted by Gasteiger charge is 2.07. The second-order valence-electron chi connectivity index (χ2n) is 5.68. The number of amides is 1. The van der Waals surface area contributed by atoms with E-state index in [9.17, 15) is 4.79 Å². The molecule has 1 N–H and O–H groups in total. The van der Waals surface area contributed by atoms with E-state index in [0.717, 1.165) is 12.0 Å². The Morgan fingerprint density at radius 2 is 1.88 bits per heavy atom. The van der Waals surface area contributed by atoms with Crippen molar-refractivity contribution in [2.24, 2.45) is 0 Å². The lowest BCUT2D eigenvalue weighted by Crippen LogP contribution is -2.25. The number of rotatable bonds is 7. The van der Waals surface area contributed by atoms with Crippen molar-refractivity contribution < 1.29 is 14.1 Å². The van der Waals surface area contributed by atoms with Crippen LogP contribution in [-0.2, 0) is 13.0 Å². The van der Waals surface area contributed by atoms with Crippen molar-refractivity contribution in [2.75, 3.05) is 6.54 Å². The molecule has 7 heteroatoms. The van der Waals surface area contributed by atoms with Crippen molar-refractivity contribution in [1.82, 2.24) is 15.5 Å². The van der Waals surface area contributed by atoms with Gasteiger partial charge in [-0.25, -0.2) is 0 Å². The number of ether oxygens (including phenoxy) is 1. The minimum atomic E-state index is -0.126. The summed E-state index contributed by atoms with van der Waals surface area (Å²) in [6.07, 6.45) is 0.744. The van der Waals surface area contributed by atoms with E-state index in [1.807, 2.05) is 24.3 Å². The number of hydrogen-bond donors (Lipinski definition) is 1. The van der Waals surface area contributed by atoms with Gasteiger partial charge in [0.25, 0.3) is 5.91 Å². The molecule has 1 amide bonds. The lowest BCUT2D eigenvalue weighted by Gasteiger charge is -2.07. The fourth-order valence-electron chi connectivity index (χ4n) is 2.32. The number of carbonyl (C=O) groups excluding carboxylic acids is 1. The first kappa shape index (κ1) is 17.9. The number of nitrogens with zero attached hydrogens (tertiary/aromatic N) is 2. The maximum atomic E-state index is 12.2. The molecule has 3 rings (SSSR count). The molecule has 26 heavy (non-hydrogen) atoms. The summed E-state index contributed by atoms with van der Waals surface area (Å²) >= 11 is 5.86. The van der Waals surface area contributed by atoms with Gasteiger partial charge >= 0.3 is 0 Å². The topological polar surface area (TPSA) is 77.2 Å². The molecule has 0 saturated carbocycles. The van der Waals surface area contributed by atoms with Gasteiger partial charge < -0.3 is 14.6 Å². The molecule has 0 atom stereocenters. The van der Waals surface area contributed by atoms with E-state index in [0.29, 0.717) is 34.6 Å². The molecule has 6 nitrogen and oxygen atoms in total. The predicted molar refractivity (Wildman–Crippen MR) is 97.3 cm³/mol. The summed E-state index contributed by atoms with van der Waals surface area (Å²) in [4.78, 5) is 16.2. The van der Waals surface area contributed by atoms with Crippen molar-refractivity contribution >= 4 is 17.5 Å². The molecule has 3 aromatic rings. The summed E-state index contributed by atoms with van der Waals surface area (Å²) in [5, 5.41) is 7.36. The SMILES string of the molecule is Cc1nc(COc2ccc(C(=O)NCCc3ccc(Cl)cc3)cc2)no1. The second kappa shape index (κ2) is 8.49. The number of nitrogens with one attached hydrogen (secondary N) is 1. The van der Waals surface area contributed by atoms with E-state index < -0.39 is 0 Å². The van der Waals surface area contributed by atoms with E-state index in [2.05, 4.69) is 15.5 Å². The van der Waals surface area contributed by atoms with Crippen LogP contribution in [0.2, 0.25) is 5.02 Å². The van der Waals surface area contributed by atoms with Crippen LogP contribution >= 0.6 is 11.6 Å². The zero-order valence-electron chi connectivity index (χ0n) is 14.2. The number of halogens is 1. The summed E-state index contributed by atoms with van der Waals surface area (Å²) in [5.41, 5.74) is 1.69. The van der Waals surface area contributed by atoms with Crippen LogP contribution in [0.15, 0.2) is 53.1 Å². The van der Waals surface area contributed by atoms with Gasteiger partial charge in [-0.05, 0) is 48.4 Å². The summed E-state index contributed by atoms with van der Waals surface area (Å²) in [5.74, 6) is 1.48. The molecule has 0 aliphatic carbocycles. The first-order valence-corrected chi connectivity index (χ1v) is 8.52. The van der Waals surface area contributed by atoms with Gasteiger partial charge in [-0.3, -0.25) is 4.79 Å². The Hall–Kier alpha value is -2.86. The Bertz CT molecular complexity index is 860. The molecule has 0 aliphatic heterocycles. The van der Waals surface area contributed by atoms with Gasteiger partial charge in [-0.15, -0.1) is 0 Å². The molecule has 0 radical (unpaired) electrons. The fraction of sp³-hybridized carbons (Fsp3) is 0.211. The number of carbonyl (C=O) groups is 1. The minimum absolute atomic E-state index is 0.126. The van der Waals surface area contributed by atoms with Gasteiger partial charge in [0.05, 0.1) is 0 Å². The fourth-order valence-corrected chi connectivity index (χ4v) is 2.45. The Morgan fingerprint density at radius 3 is 2.54 bits per heavy atom. The van der Waals surface area contributed by atoms with Crippen LogP contribution in [-0.4, -0.2) is 22.6 Å². The molecular formula is C19H18ClN3O3. The van der Waals surface area contributed by atoms with Gasteiger partial charge in [-0.1, -0.05) is 28.9 Å². The van der Waals surface area contributed by atoms with E-state index in [4.69, 9.17) is 20.9 Å². The van der Waals surface area contributed by atoms with Gasteiger partial charge in [0.1, 0.15) is 5.75 Å². The van der Waals surface area contributed by atoms with E-state index >= 15 is 0 Å². The average Bonchev–Trinajstić information content (AvgIpc) is 3.07. The summed E-state index contributed by atoms with van der Waals surface area (Å²) in [6, 6.07) is 14.5. The van der Waals surface area contributed by atoms with Crippen LogP contribution in [0, 0.1) is 6.92 Å². The molecule has 0 saturated heterocycles. The Kier molecular flexibility index (Phi) is 5.86. The molecule has 0 fully saturated rings. The summed E-state index contributed by atoms with van der Waals surface area (Å²) < 4.78 is 10.4. The zero-order chi connectivity index (χ0) is 18.4. The first-order valence-electron chi connectivity index (χ1n) is 8.15. The molecule has 2 aromatic carbocycles. The largest absolute Gasteiger partial charge is 0.485 e. The van der Waals surface area contributed by atoms with Crippen LogP contribution < -0.4 is 10.1 Å². The predicted octanol–water partition coefficient (Wildman–Crippen LogP) is 3.58. The third kappa shape index (κ3) is 5.07. The van der Waals surface area contributed by atoms with E-state index in [1.165, 1.54) is 0 Å². The van der Waals surface area contributed by atoms with Gasteiger partial charge in [-0.2, -0.15) is 4.98 Å². The van der Waals surface area contributed by atoms with Gasteiger partial charge in [0, 0.05) is 24.1 Å². The molecular weight excluding hydrogens is 354 g/mol. The standard InChI is InChI=1S/C19H18ClN3O3/c1-13-22-18(23-26-13)12-25-17-8-4-15(5-9-17)19(24)21-11-10-14-2-6-16(20)7-3-14/h2-9H,10-12H2,1H3,(H,21,24). The molecule has 134 valence electrons. The van der Waals surface area contributed by atoms with Gasteiger partial charge in [0.2, 0.25) is 11.7 Å². The third-order valence-corrected chi connectivity index (χ3v) is 3.92. The first-order chi connectivity index (χ1) is 12.6. The third-order valence-electron chi connectivity index (χ3n) is 3.67. The quantitative estimate of drug-likeness (QED) is 0.686. The number of hydrogen-bond acceptors (Lipinski definition) is 5. The molecule has 0 unspecified atom stereocenters. The van der Waals surface area contributed by atoms with Gasteiger partial charge in [0.15, 0.2) is 6.61 Å². The van der Waals surface area contributed by atoms with Crippen molar-refractivity contribution in [3.63, 3.8) is 0 Å². The summed E-state index contributed by atoms with van der Waals surface area (Å²) in [7, 11) is 0. The highest BCUT2D eigenvalue weighted by molar-refractivity contribution is 6.30. The normalized spacial score (nSPS) is 10.5. The smallest absolute Gasteiger partial charge is 0.251 e. The van der Waals surface area contributed by atoms with E-state index in [-0.39, 0.29) is 12.5 Å². The second-order valence-corrected chi connectivity index (χ2v) is 6.11. The monoisotopic (exact) mass is 371 g/mol. The maximum absolute atomic E-state index is 12.2. The molecule has 0 bridgehead atoms. The number of aryl methyl sites for hydroxylation is 1. The molecule has 1 heterocycles. The maximum Gasteiger partial charge on any atom is 0.251 e. The van der Waals surface area contributed by atoms with Crippen molar-refractivity contribution in [3.05, 3.63) is 76.4 Å². The number of aromatic nitrogens is 2. The van der Waals surface area contributed by atoms with E-state index in [1.54, 1.807) is 31.2 Å². The molecule has 1 aromatic heterocycles. The lowest BCUT2D eigenvalue weighted by atomic mass is 10.1. The number of benzene rings is 2. The van der Waals surface area contributed by atoms with Crippen molar-refractivity contribution in [2.45, 2.75) is 20.0 Å². The lowest BCUT2D eigenvalue weighted by molar-refractivity contribution is 0.0954. The Labute approximate surface area is 156 Å². The molecule has 0 aliphatic rings. The van der Waals surface area contributed by atoms with Crippen LogP contribution in [0.3, 0.4) is 0 Å². The van der Waals surface area contributed by atoms with Crippen LogP contribution in [0.5, 0.6) is 5.75 Å². The molecule has 0 spiro atoms. The van der Waals surface area contributed by atoms with Crippen LogP contribution in [0.1, 0.15) is 27.6 Å². The highest BCUT2D eigenvalue weighted by Crippen LogP contribution is 2.14. The average molecular weight is 372 g/mol. The van der Waals surface area contributed by atoms with Crippen LogP contribution in [0.25, 0.3) is 0 Å². The Balaban J connectivity index is 1.46. The van der Waals surface area contributed by atoms with Crippen LogP contribution in [0.4, 0.5) is 0 Å². The van der Waals surface area contributed by atoms with Crippen molar-refractivity contribution in [1.29, 1.82) is 0 Å². The summed E-state index contributed by atoms with van der Waals surface area (Å²) in [6.45, 7) is 2.48.